The van der Waals surface area contributed by atoms with E-state index in [0.29, 0.717) is 5.92 Å². The van der Waals surface area contributed by atoms with Crippen LogP contribution in [0.15, 0.2) is 0 Å². The molecule has 1 amide bonds. The number of carbonyl (C=O) groups is 4. The number of hydrogen-bond acceptors (Lipinski definition) is 6. The summed E-state index contributed by atoms with van der Waals surface area (Å²) in [6.07, 6.45) is 5.10. The molecule has 0 radical (unpaired) electrons. The van der Waals surface area contributed by atoms with Crippen LogP contribution in [0.25, 0.3) is 0 Å². The molecule has 6 rings (SSSR count). The molecule has 0 N–H and O–H groups in total. The van der Waals surface area contributed by atoms with Crippen LogP contribution in [0.5, 0.6) is 0 Å². The van der Waals surface area contributed by atoms with Crippen molar-refractivity contribution in [3.05, 3.63) is 0 Å². The zero-order chi connectivity index (χ0) is 25.8. The van der Waals surface area contributed by atoms with Crippen LogP contribution in [0.2, 0.25) is 0 Å². The van der Waals surface area contributed by atoms with Gasteiger partial charge in [-0.05, 0) is 74.5 Å². The van der Waals surface area contributed by atoms with Crippen LogP contribution < -0.4 is 0 Å². The Labute approximate surface area is 208 Å². The highest BCUT2D eigenvalue weighted by molar-refractivity contribution is 6.32. The van der Waals surface area contributed by atoms with E-state index < -0.39 is 46.9 Å². The lowest BCUT2D eigenvalue weighted by Crippen LogP contribution is -2.60. The van der Waals surface area contributed by atoms with E-state index in [2.05, 4.69) is 13.8 Å². The lowest BCUT2D eigenvalue weighted by molar-refractivity contribution is -0.163. The predicted molar refractivity (Wildman–Crippen MR) is 128 cm³/mol. The molecule has 7 heteroatoms. The van der Waals surface area contributed by atoms with Gasteiger partial charge in [0.1, 0.15) is 6.23 Å². The molecular weight excluding hydrogens is 446 g/mol. The summed E-state index contributed by atoms with van der Waals surface area (Å²) < 4.78 is 11.4. The van der Waals surface area contributed by atoms with E-state index in [1.807, 2.05) is 20.8 Å². The van der Waals surface area contributed by atoms with Crippen molar-refractivity contribution >= 4 is 23.4 Å². The van der Waals surface area contributed by atoms with Crippen molar-refractivity contribution in [2.45, 2.75) is 111 Å². The maximum absolute atomic E-state index is 14.0. The van der Waals surface area contributed by atoms with Crippen molar-refractivity contribution < 1.29 is 28.7 Å². The summed E-state index contributed by atoms with van der Waals surface area (Å²) in [4.78, 5) is 56.4. The van der Waals surface area contributed by atoms with Crippen molar-refractivity contribution in [3.8, 4) is 0 Å². The fourth-order valence-electron chi connectivity index (χ4n) is 9.65. The first kappa shape index (κ1) is 24.9. The normalized spacial score (nSPS) is 46.3. The van der Waals surface area contributed by atoms with Gasteiger partial charge in [-0.1, -0.05) is 34.6 Å². The van der Waals surface area contributed by atoms with Gasteiger partial charge in [0.2, 0.25) is 11.4 Å². The Kier molecular flexibility index (Phi) is 5.26. The molecule has 35 heavy (non-hydrogen) atoms. The smallest absolute Gasteiger partial charge is 0.342 e. The number of carbonyl (C=O) groups excluding carboxylic acids is 4. The second kappa shape index (κ2) is 7.39. The lowest BCUT2D eigenvalue weighted by atomic mass is 9.39. The second-order valence-electron chi connectivity index (χ2n) is 14.3. The summed E-state index contributed by atoms with van der Waals surface area (Å²) in [6, 6.07) is 0. The van der Waals surface area contributed by atoms with Gasteiger partial charge < -0.3 is 9.47 Å². The Morgan fingerprint density at radius 3 is 2.17 bits per heavy atom. The van der Waals surface area contributed by atoms with Gasteiger partial charge in [0.25, 0.3) is 0 Å². The fourth-order valence-corrected chi connectivity index (χ4v) is 9.65. The molecular formula is C28H41NO6. The maximum atomic E-state index is 14.0. The van der Waals surface area contributed by atoms with Gasteiger partial charge in [-0.2, -0.15) is 0 Å². The van der Waals surface area contributed by atoms with Crippen LogP contribution in [0.3, 0.4) is 0 Å². The third-order valence-electron chi connectivity index (χ3n) is 9.60. The molecule has 6 atom stereocenters. The topological polar surface area (TPSA) is 90.0 Å². The molecule has 4 saturated carbocycles. The Balaban J connectivity index is 1.49. The van der Waals surface area contributed by atoms with Gasteiger partial charge in [0, 0.05) is 11.8 Å². The molecule has 0 aromatic carbocycles. The molecule has 4 aliphatic carbocycles. The van der Waals surface area contributed by atoms with Crippen molar-refractivity contribution in [2.24, 2.45) is 33.5 Å². The number of ether oxygens (including phenoxy) is 2. The minimum Gasteiger partial charge on any atom is -0.464 e. The number of Topliss-reactive ketones (excluding diaryl/α,β-unsaturated/α-hetero) is 2. The Hall–Kier alpha value is -1.76. The lowest BCUT2D eigenvalue weighted by Gasteiger charge is -2.65. The number of amides is 1. The molecule has 7 nitrogen and oxygen atoms in total. The van der Waals surface area contributed by atoms with Gasteiger partial charge in [-0.25, -0.2) is 4.79 Å². The van der Waals surface area contributed by atoms with Crippen LogP contribution in [0.4, 0.5) is 0 Å². The van der Waals surface area contributed by atoms with E-state index in [9.17, 15) is 19.2 Å². The van der Waals surface area contributed by atoms with Gasteiger partial charge in [0.15, 0.2) is 17.5 Å². The van der Waals surface area contributed by atoms with E-state index in [1.54, 1.807) is 13.8 Å². The molecule has 2 saturated heterocycles. The number of fused-ring (bicyclic) bond motifs is 1. The van der Waals surface area contributed by atoms with Crippen LogP contribution in [-0.2, 0) is 28.7 Å². The average molecular weight is 488 g/mol. The zero-order valence-electron chi connectivity index (χ0n) is 22.4. The standard InChI is InChI=1S/C28H41NO6/c1-8-34-23(33)28-16(2)35-22(24(3,4)5)29(28)21(32)19(20(28)31)18(30)12-27-11-17-9-25(6,14-27)13-26(7,10-17)15-27/h16-17,19,22H,8-15H2,1-7H3/t16-,17?,19?,22-,25?,26?,27?,28-/m1/s1. The molecule has 0 aromatic rings. The van der Waals surface area contributed by atoms with Crippen LogP contribution in [-0.4, -0.2) is 52.8 Å². The third-order valence-corrected chi connectivity index (χ3v) is 9.60. The summed E-state index contributed by atoms with van der Waals surface area (Å²) in [7, 11) is 0. The predicted octanol–water partition coefficient (Wildman–Crippen LogP) is 4.06. The SMILES string of the molecule is CCOC(=O)[C@@]12C(=O)C(C(=O)CC34CC5CC(C)(CC(C)(C5)C3)C4)C(=O)N1[C@@H](C(C)(C)C)O[C@@H]2C. The first-order valence-electron chi connectivity index (χ1n) is 13.3. The minimum atomic E-state index is -1.90. The number of nitrogens with zero attached hydrogens (tertiary/aromatic N) is 1. The fraction of sp³-hybridized carbons (Fsp3) is 0.857. The van der Waals surface area contributed by atoms with Crippen molar-refractivity contribution in [1.29, 1.82) is 0 Å². The quantitative estimate of drug-likeness (QED) is 0.429. The Bertz CT molecular complexity index is 978. The number of rotatable bonds is 5. The number of ketones is 2. The molecule has 6 fully saturated rings. The van der Waals surface area contributed by atoms with Crippen molar-refractivity contribution in [3.63, 3.8) is 0 Å². The molecule has 3 unspecified atom stereocenters. The van der Waals surface area contributed by atoms with Gasteiger partial charge in [-0.3, -0.25) is 19.3 Å². The molecule has 0 aromatic heterocycles. The molecule has 0 spiro atoms. The van der Waals surface area contributed by atoms with E-state index >= 15 is 0 Å². The van der Waals surface area contributed by atoms with Gasteiger partial charge in [0.05, 0.1) is 12.7 Å². The summed E-state index contributed by atoms with van der Waals surface area (Å²) in [5.74, 6) is -3.22. The molecule has 194 valence electrons. The largest absolute Gasteiger partial charge is 0.464 e. The summed E-state index contributed by atoms with van der Waals surface area (Å²) in [5, 5.41) is 0. The maximum Gasteiger partial charge on any atom is 0.342 e. The zero-order valence-corrected chi connectivity index (χ0v) is 22.4. The molecule has 6 aliphatic rings. The van der Waals surface area contributed by atoms with E-state index in [-0.39, 0.29) is 35.1 Å². The Morgan fingerprint density at radius 2 is 1.66 bits per heavy atom. The number of hydrogen-bond donors (Lipinski definition) is 0. The van der Waals surface area contributed by atoms with Gasteiger partial charge in [-0.15, -0.1) is 0 Å². The highest BCUT2D eigenvalue weighted by Gasteiger charge is 2.75. The first-order valence-corrected chi connectivity index (χ1v) is 13.3. The number of esters is 1. The second-order valence-corrected chi connectivity index (χ2v) is 14.3. The third kappa shape index (κ3) is 3.39. The molecule has 4 bridgehead atoms. The van der Waals surface area contributed by atoms with Crippen LogP contribution >= 0.6 is 0 Å². The van der Waals surface area contributed by atoms with Gasteiger partial charge >= 0.3 is 5.97 Å². The summed E-state index contributed by atoms with van der Waals surface area (Å²) in [5.41, 5.74) is -2.16. The van der Waals surface area contributed by atoms with Crippen molar-refractivity contribution in [1.82, 2.24) is 4.90 Å². The summed E-state index contributed by atoms with van der Waals surface area (Å²) in [6.45, 7) is 13.8. The van der Waals surface area contributed by atoms with E-state index in [4.69, 9.17) is 9.47 Å². The highest BCUT2D eigenvalue weighted by Crippen LogP contribution is 2.70. The first-order chi connectivity index (χ1) is 16.1. The molecule has 2 heterocycles. The van der Waals surface area contributed by atoms with Crippen LogP contribution in [0, 0.1) is 33.5 Å². The van der Waals surface area contributed by atoms with Crippen LogP contribution in [0.1, 0.15) is 93.4 Å². The average Bonchev–Trinajstić information content (AvgIpc) is 3.10. The Morgan fingerprint density at radius 1 is 1.06 bits per heavy atom. The highest BCUT2D eigenvalue weighted by atomic mass is 16.6. The molecule has 2 aliphatic heterocycles. The van der Waals surface area contributed by atoms with Crippen molar-refractivity contribution in [2.75, 3.05) is 6.61 Å². The summed E-state index contributed by atoms with van der Waals surface area (Å²) >= 11 is 0. The monoisotopic (exact) mass is 487 g/mol. The minimum absolute atomic E-state index is 0.0725. The van der Waals surface area contributed by atoms with E-state index in [1.165, 1.54) is 24.2 Å². The van der Waals surface area contributed by atoms with E-state index in [0.717, 1.165) is 19.3 Å².